The lowest BCUT2D eigenvalue weighted by molar-refractivity contribution is -0.153. The number of aromatic amines is 1. The summed E-state index contributed by atoms with van der Waals surface area (Å²) in [6.45, 7) is 3.47. The van der Waals surface area contributed by atoms with Crippen LogP contribution in [-0.2, 0) is 16.0 Å². The molecule has 132 valence electrons. The van der Waals surface area contributed by atoms with Crippen molar-refractivity contribution in [2.24, 2.45) is 5.41 Å². The molecule has 2 aromatic rings. The molecule has 1 saturated carbocycles. The first-order valence-corrected chi connectivity index (χ1v) is 9.18. The van der Waals surface area contributed by atoms with Gasteiger partial charge in [-0.25, -0.2) is 0 Å². The maximum absolute atomic E-state index is 12.6. The van der Waals surface area contributed by atoms with Crippen LogP contribution >= 0.6 is 0 Å². The van der Waals surface area contributed by atoms with Crippen LogP contribution < -0.4 is 0 Å². The number of para-hydroxylation sites is 1. The van der Waals surface area contributed by atoms with E-state index in [2.05, 4.69) is 36.3 Å². The fourth-order valence-corrected chi connectivity index (χ4v) is 4.21. The monoisotopic (exact) mass is 340 g/mol. The molecule has 1 saturated heterocycles. The summed E-state index contributed by atoms with van der Waals surface area (Å²) >= 11 is 0. The van der Waals surface area contributed by atoms with E-state index in [9.17, 15) is 14.7 Å². The molecule has 25 heavy (non-hydrogen) atoms. The summed E-state index contributed by atoms with van der Waals surface area (Å²) in [6.07, 6.45) is 5.88. The van der Waals surface area contributed by atoms with Crippen LogP contribution in [0, 0.1) is 5.41 Å². The van der Waals surface area contributed by atoms with E-state index in [4.69, 9.17) is 0 Å². The number of carboxylic acids is 1. The number of hydrogen-bond acceptors (Lipinski definition) is 2. The topological polar surface area (TPSA) is 73.4 Å². The first kappa shape index (κ1) is 16.2. The average molecular weight is 340 g/mol. The third kappa shape index (κ3) is 2.53. The van der Waals surface area contributed by atoms with E-state index in [0.29, 0.717) is 31.8 Å². The Hall–Kier alpha value is -2.30. The molecular formula is C20H24N2O3. The van der Waals surface area contributed by atoms with Crippen molar-refractivity contribution in [3.63, 3.8) is 0 Å². The second-order valence-electron chi connectivity index (χ2n) is 7.39. The van der Waals surface area contributed by atoms with Gasteiger partial charge in [0.15, 0.2) is 0 Å². The van der Waals surface area contributed by atoms with Gasteiger partial charge in [0.05, 0.1) is 0 Å². The number of carbonyl (C=O) groups excluding carboxylic acids is 1. The van der Waals surface area contributed by atoms with Crippen molar-refractivity contribution < 1.29 is 14.7 Å². The lowest BCUT2D eigenvalue weighted by Gasteiger charge is -2.33. The Morgan fingerprint density at radius 3 is 2.60 bits per heavy atom. The maximum atomic E-state index is 12.6. The molecule has 4 rings (SSSR count). The van der Waals surface area contributed by atoms with E-state index >= 15 is 0 Å². The van der Waals surface area contributed by atoms with Crippen LogP contribution in [0.3, 0.4) is 0 Å². The molecule has 0 unspecified atom stereocenters. The molecule has 1 amide bonds. The van der Waals surface area contributed by atoms with E-state index < -0.39 is 11.4 Å². The number of aromatic nitrogens is 1. The summed E-state index contributed by atoms with van der Waals surface area (Å²) in [5.41, 5.74) is 2.77. The van der Waals surface area contributed by atoms with Crippen LogP contribution in [0.15, 0.2) is 24.4 Å². The van der Waals surface area contributed by atoms with Crippen LogP contribution in [0.25, 0.3) is 10.9 Å². The fourth-order valence-electron chi connectivity index (χ4n) is 4.21. The molecule has 2 fully saturated rings. The number of carbonyl (C=O) groups is 2. The molecule has 1 aliphatic heterocycles. The van der Waals surface area contributed by atoms with Gasteiger partial charge in [-0.05, 0) is 49.1 Å². The predicted octanol–water partition coefficient (Wildman–Crippen LogP) is 3.30. The lowest BCUT2D eigenvalue weighted by atomic mass is 9.88. The molecule has 1 aromatic heterocycles. The van der Waals surface area contributed by atoms with Crippen molar-refractivity contribution in [3.05, 3.63) is 35.5 Å². The number of piperidine rings is 1. The quantitative estimate of drug-likeness (QED) is 0.839. The van der Waals surface area contributed by atoms with Crippen molar-refractivity contribution in [1.29, 1.82) is 0 Å². The number of nitrogens with one attached hydrogen (secondary N) is 1. The van der Waals surface area contributed by atoms with Crippen molar-refractivity contribution in [1.82, 2.24) is 9.88 Å². The summed E-state index contributed by atoms with van der Waals surface area (Å²) < 4.78 is 0. The van der Waals surface area contributed by atoms with Gasteiger partial charge in [0.25, 0.3) is 0 Å². The lowest BCUT2D eigenvalue weighted by Crippen LogP contribution is -2.44. The molecule has 0 spiro atoms. The van der Waals surface area contributed by atoms with Crippen molar-refractivity contribution in [2.75, 3.05) is 13.1 Å². The van der Waals surface area contributed by atoms with Gasteiger partial charge in [-0.2, -0.15) is 0 Å². The number of hydrogen-bond donors (Lipinski definition) is 2. The number of rotatable bonds is 4. The highest BCUT2D eigenvalue weighted by molar-refractivity contribution is 6.04. The Balaban J connectivity index is 1.49. The third-order valence-electron chi connectivity index (χ3n) is 6.01. The Morgan fingerprint density at radius 1 is 1.28 bits per heavy atom. The first-order valence-electron chi connectivity index (χ1n) is 9.18. The Labute approximate surface area is 147 Å². The number of aliphatic carboxylic acids is 1. The molecular weight excluding hydrogens is 316 g/mol. The molecule has 2 heterocycles. The molecule has 0 atom stereocenters. The number of H-pyrrole nitrogens is 1. The molecule has 0 radical (unpaired) electrons. The van der Waals surface area contributed by atoms with Gasteiger partial charge in [0.1, 0.15) is 5.41 Å². The fraction of sp³-hybridized carbons (Fsp3) is 0.500. The summed E-state index contributed by atoms with van der Waals surface area (Å²) in [6, 6.07) is 6.44. The molecule has 1 aromatic carbocycles. The minimum Gasteiger partial charge on any atom is -0.480 e. The van der Waals surface area contributed by atoms with E-state index in [1.165, 1.54) is 22.0 Å². The zero-order valence-corrected chi connectivity index (χ0v) is 14.5. The molecule has 5 nitrogen and oxygen atoms in total. The summed E-state index contributed by atoms with van der Waals surface area (Å²) in [7, 11) is 0. The van der Waals surface area contributed by atoms with Crippen LogP contribution in [0.1, 0.15) is 49.7 Å². The highest BCUT2D eigenvalue weighted by Crippen LogP contribution is 2.48. The maximum Gasteiger partial charge on any atom is 0.319 e. The van der Waals surface area contributed by atoms with E-state index in [0.717, 1.165) is 19.3 Å². The first-order chi connectivity index (χ1) is 12.1. The van der Waals surface area contributed by atoms with E-state index in [1.807, 2.05) is 0 Å². The van der Waals surface area contributed by atoms with Gasteiger partial charge in [-0.15, -0.1) is 0 Å². The van der Waals surface area contributed by atoms with Crippen LogP contribution in [-0.4, -0.2) is 40.0 Å². The zero-order valence-electron chi connectivity index (χ0n) is 14.5. The van der Waals surface area contributed by atoms with Crippen LogP contribution in [0.2, 0.25) is 0 Å². The summed E-state index contributed by atoms with van der Waals surface area (Å²) in [4.78, 5) is 29.1. The summed E-state index contributed by atoms with van der Waals surface area (Å²) in [5.74, 6) is -0.709. The SMILES string of the molecule is CCc1cccc2c(C3CCN(C(=O)C4(C(=O)O)CC4)CC3)c[nH]c12. The Morgan fingerprint density at radius 2 is 2.00 bits per heavy atom. The largest absolute Gasteiger partial charge is 0.480 e. The van der Waals surface area contributed by atoms with Gasteiger partial charge in [0, 0.05) is 30.2 Å². The van der Waals surface area contributed by atoms with Crippen molar-refractivity contribution in [3.8, 4) is 0 Å². The van der Waals surface area contributed by atoms with Gasteiger partial charge in [-0.1, -0.05) is 25.1 Å². The van der Waals surface area contributed by atoms with Gasteiger partial charge in [-0.3, -0.25) is 9.59 Å². The van der Waals surface area contributed by atoms with Crippen molar-refractivity contribution >= 4 is 22.8 Å². The van der Waals surface area contributed by atoms with Crippen LogP contribution in [0.4, 0.5) is 0 Å². The number of nitrogens with zero attached hydrogens (tertiary/aromatic N) is 1. The number of fused-ring (bicyclic) bond motifs is 1. The third-order valence-corrected chi connectivity index (χ3v) is 6.01. The molecule has 2 aliphatic rings. The average Bonchev–Trinajstić information content (AvgIpc) is 3.34. The normalized spacial score (nSPS) is 20.0. The van der Waals surface area contributed by atoms with Gasteiger partial charge in [0.2, 0.25) is 5.91 Å². The number of likely N-dealkylation sites (tertiary alicyclic amines) is 1. The Bertz CT molecular complexity index is 827. The Kier molecular flexibility index (Phi) is 3.82. The van der Waals surface area contributed by atoms with Crippen LogP contribution in [0.5, 0.6) is 0 Å². The number of benzene rings is 1. The van der Waals surface area contributed by atoms with E-state index in [-0.39, 0.29) is 5.91 Å². The number of aryl methyl sites for hydroxylation is 1. The standard InChI is InChI=1S/C20H24N2O3/c1-2-13-4-3-5-15-16(12-21-17(13)15)14-6-10-22(11-7-14)18(23)20(8-9-20)19(24)25/h3-5,12,14,21H,2,6-11H2,1H3,(H,24,25). The zero-order chi connectivity index (χ0) is 17.6. The highest BCUT2D eigenvalue weighted by Gasteiger charge is 2.58. The minimum atomic E-state index is -1.11. The molecule has 2 N–H and O–H groups in total. The second-order valence-corrected chi connectivity index (χ2v) is 7.39. The molecule has 5 heteroatoms. The molecule has 0 bridgehead atoms. The summed E-state index contributed by atoms with van der Waals surface area (Å²) in [5, 5.41) is 10.6. The van der Waals surface area contributed by atoms with Gasteiger partial charge >= 0.3 is 5.97 Å². The number of carboxylic acid groups (broad SMARTS) is 1. The predicted molar refractivity (Wildman–Crippen MR) is 95.5 cm³/mol. The number of amides is 1. The minimum absolute atomic E-state index is 0.175. The second kappa shape index (κ2) is 5.90. The van der Waals surface area contributed by atoms with E-state index in [1.54, 1.807) is 4.90 Å². The smallest absolute Gasteiger partial charge is 0.319 e. The molecule has 1 aliphatic carbocycles. The highest BCUT2D eigenvalue weighted by atomic mass is 16.4. The van der Waals surface area contributed by atoms with Crippen molar-refractivity contribution in [2.45, 2.75) is 44.9 Å². The van der Waals surface area contributed by atoms with Gasteiger partial charge < -0.3 is 15.0 Å².